The van der Waals surface area contributed by atoms with Crippen molar-refractivity contribution in [1.29, 1.82) is 0 Å². The second kappa shape index (κ2) is 8.14. The molecular formula is C23H21NO5. The third-order valence-electron chi connectivity index (χ3n) is 4.91. The van der Waals surface area contributed by atoms with Crippen molar-refractivity contribution < 1.29 is 23.9 Å². The van der Waals surface area contributed by atoms with E-state index in [1.54, 1.807) is 55.5 Å². The summed E-state index contributed by atoms with van der Waals surface area (Å²) in [5.74, 6) is -1.74. The minimum absolute atomic E-state index is 0.0887. The molecule has 3 rings (SSSR count). The third kappa shape index (κ3) is 3.57. The number of carbonyl (C=O) groups is 3. The van der Waals surface area contributed by atoms with Crippen molar-refractivity contribution in [2.24, 2.45) is 0 Å². The predicted molar refractivity (Wildman–Crippen MR) is 109 cm³/mol. The Labute approximate surface area is 169 Å². The highest BCUT2D eigenvalue weighted by Crippen LogP contribution is 2.39. The van der Waals surface area contributed by atoms with E-state index in [2.05, 4.69) is 6.58 Å². The molecule has 0 unspecified atom stereocenters. The lowest BCUT2D eigenvalue weighted by atomic mass is 9.83. The first kappa shape index (κ1) is 20.1. The van der Waals surface area contributed by atoms with E-state index in [-0.39, 0.29) is 16.7 Å². The maximum Gasteiger partial charge on any atom is 0.334 e. The molecule has 1 aliphatic heterocycles. The Kier molecular flexibility index (Phi) is 5.64. The van der Waals surface area contributed by atoms with Gasteiger partial charge in [-0.2, -0.15) is 0 Å². The first-order chi connectivity index (χ1) is 13.9. The van der Waals surface area contributed by atoms with Crippen molar-refractivity contribution in [3.8, 4) is 5.75 Å². The van der Waals surface area contributed by atoms with Gasteiger partial charge in [0.15, 0.2) is 0 Å². The summed E-state index contributed by atoms with van der Waals surface area (Å²) in [6, 6.07) is 15.6. The van der Waals surface area contributed by atoms with Crippen molar-refractivity contribution >= 4 is 23.5 Å². The lowest BCUT2D eigenvalue weighted by Crippen LogP contribution is -2.32. The molecule has 2 aromatic rings. The van der Waals surface area contributed by atoms with Crippen LogP contribution in [0.4, 0.5) is 5.69 Å². The van der Waals surface area contributed by atoms with E-state index in [0.717, 1.165) is 4.90 Å². The van der Waals surface area contributed by atoms with Gasteiger partial charge in [0.05, 0.1) is 19.9 Å². The molecule has 29 heavy (non-hydrogen) atoms. The number of rotatable bonds is 6. The number of nitrogens with zero attached hydrogens (tertiary/aromatic N) is 1. The van der Waals surface area contributed by atoms with E-state index < -0.39 is 23.7 Å². The molecule has 0 spiro atoms. The number of imide groups is 1. The Morgan fingerprint density at radius 2 is 1.59 bits per heavy atom. The van der Waals surface area contributed by atoms with Crippen LogP contribution < -0.4 is 9.64 Å². The summed E-state index contributed by atoms with van der Waals surface area (Å²) >= 11 is 0. The summed E-state index contributed by atoms with van der Waals surface area (Å²) in [4.78, 5) is 39.6. The number of benzene rings is 2. The third-order valence-corrected chi connectivity index (χ3v) is 4.91. The number of carbonyl (C=O) groups excluding carboxylic acids is 3. The molecule has 6 heteroatoms. The first-order valence-corrected chi connectivity index (χ1v) is 8.96. The average molecular weight is 391 g/mol. The van der Waals surface area contributed by atoms with Gasteiger partial charge in [0, 0.05) is 22.6 Å². The van der Waals surface area contributed by atoms with E-state index in [4.69, 9.17) is 9.47 Å². The number of ether oxygens (including phenoxy) is 2. The van der Waals surface area contributed by atoms with Gasteiger partial charge in [-0.25, -0.2) is 9.69 Å². The minimum Gasteiger partial charge on any atom is -0.497 e. The first-order valence-electron chi connectivity index (χ1n) is 8.96. The predicted octanol–water partition coefficient (Wildman–Crippen LogP) is 3.40. The van der Waals surface area contributed by atoms with Gasteiger partial charge < -0.3 is 9.47 Å². The van der Waals surface area contributed by atoms with Crippen molar-refractivity contribution in [3.05, 3.63) is 83.5 Å². The Morgan fingerprint density at radius 1 is 0.966 bits per heavy atom. The SMILES string of the molecule is C=C(C(=O)OC)[C@H](C1=C(C)C(=O)N(c2ccc(OC)cc2)C1=O)c1ccccc1. The van der Waals surface area contributed by atoms with Crippen LogP contribution in [-0.4, -0.2) is 32.0 Å². The highest BCUT2D eigenvalue weighted by molar-refractivity contribution is 6.33. The van der Waals surface area contributed by atoms with Crippen molar-refractivity contribution in [1.82, 2.24) is 0 Å². The normalized spacial score (nSPS) is 14.8. The maximum atomic E-state index is 13.3. The number of anilines is 1. The molecule has 1 aliphatic rings. The molecule has 0 fully saturated rings. The molecule has 1 atom stereocenters. The monoisotopic (exact) mass is 391 g/mol. The smallest absolute Gasteiger partial charge is 0.334 e. The molecular weight excluding hydrogens is 370 g/mol. The van der Waals surface area contributed by atoms with Gasteiger partial charge in [-0.3, -0.25) is 9.59 Å². The summed E-state index contributed by atoms with van der Waals surface area (Å²) in [6.07, 6.45) is 0. The summed E-state index contributed by atoms with van der Waals surface area (Å²) < 4.78 is 9.96. The lowest BCUT2D eigenvalue weighted by Gasteiger charge is -2.21. The molecule has 2 amide bonds. The zero-order valence-electron chi connectivity index (χ0n) is 16.5. The van der Waals surface area contributed by atoms with Crippen LogP contribution in [0.3, 0.4) is 0 Å². The van der Waals surface area contributed by atoms with Crippen LogP contribution >= 0.6 is 0 Å². The number of methoxy groups -OCH3 is 2. The van der Waals surface area contributed by atoms with E-state index in [9.17, 15) is 14.4 Å². The van der Waals surface area contributed by atoms with Gasteiger partial charge in [-0.05, 0) is 36.8 Å². The van der Waals surface area contributed by atoms with Gasteiger partial charge in [-0.1, -0.05) is 36.9 Å². The summed E-state index contributed by atoms with van der Waals surface area (Å²) in [5, 5.41) is 0. The lowest BCUT2D eigenvalue weighted by molar-refractivity contribution is -0.136. The molecule has 0 N–H and O–H groups in total. The largest absolute Gasteiger partial charge is 0.497 e. The topological polar surface area (TPSA) is 72.9 Å². The fourth-order valence-corrected chi connectivity index (χ4v) is 3.40. The number of amides is 2. The number of esters is 1. The van der Waals surface area contributed by atoms with E-state index in [0.29, 0.717) is 17.0 Å². The van der Waals surface area contributed by atoms with Crippen LogP contribution in [0.25, 0.3) is 0 Å². The Balaban J connectivity index is 2.08. The van der Waals surface area contributed by atoms with Crippen molar-refractivity contribution in [3.63, 3.8) is 0 Å². The van der Waals surface area contributed by atoms with Crippen LogP contribution in [-0.2, 0) is 19.1 Å². The standard InChI is InChI=1S/C23H21NO5/c1-14-20(19(15(2)23(27)29-4)16-8-6-5-7-9-16)22(26)24(21(14)25)17-10-12-18(28-3)13-11-17/h5-13,19H,2H2,1,3-4H3/t19-/m0/s1. The Hall–Kier alpha value is -3.67. The van der Waals surface area contributed by atoms with E-state index in [1.165, 1.54) is 14.2 Å². The van der Waals surface area contributed by atoms with Crippen LogP contribution in [0.15, 0.2) is 77.9 Å². The van der Waals surface area contributed by atoms with Crippen LogP contribution in [0.2, 0.25) is 0 Å². The average Bonchev–Trinajstić information content (AvgIpc) is 2.97. The highest BCUT2D eigenvalue weighted by Gasteiger charge is 2.42. The van der Waals surface area contributed by atoms with Crippen LogP contribution in [0.5, 0.6) is 5.75 Å². The molecule has 0 saturated heterocycles. The molecule has 2 aromatic carbocycles. The fraction of sp³-hybridized carbons (Fsp3) is 0.174. The van der Waals surface area contributed by atoms with Gasteiger partial charge in [0.1, 0.15) is 5.75 Å². The molecule has 0 aromatic heterocycles. The fourth-order valence-electron chi connectivity index (χ4n) is 3.40. The minimum atomic E-state index is -0.789. The van der Waals surface area contributed by atoms with E-state index in [1.807, 2.05) is 6.07 Å². The highest BCUT2D eigenvalue weighted by atomic mass is 16.5. The molecule has 6 nitrogen and oxygen atoms in total. The summed E-state index contributed by atoms with van der Waals surface area (Å²) in [6.45, 7) is 5.44. The zero-order valence-corrected chi connectivity index (χ0v) is 16.5. The van der Waals surface area contributed by atoms with Gasteiger partial charge >= 0.3 is 5.97 Å². The molecule has 148 valence electrons. The number of hydrogen-bond donors (Lipinski definition) is 0. The van der Waals surface area contributed by atoms with Gasteiger partial charge in [-0.15, -0.1) is 0 Å². The van der Waals surface area contributed by atoms with Crippen molar-refractivity contribution in [2.45, 2.75) is 12.8 Å². The molecule has 0 aliphatic carbocycles. The molecule has 0 saturated carbocycles. The molecule has 0 bridgehead atoms. The maximum absolute atomic E-state index is 13.3. The van der Waals surface area contributed by atoms with Crippen LogP contribution in [0.1, 0.15) is 18.4 Å². The second-order valence-electron chi connectivity index (χ2n) is 6.54. The summed E-state index contributed by atoms with van der Waals surface area (Å²) in [5.41, 5.74) is 1.67. The van der Waals surface area contributed by atoms with Gasteiger partial charge in [0.2, 0.25) is 0 Å². The second-order valence-corrected chi connectivity index (χ2v) is 6.54. The number of hydrogen-bond acceptors (Lipinski definition) is 5. The van der Waals surface area contributed by atoms with Crippen molar-refractivity contribution in [2.75, 3.05) is 19.1 Å². The molecule has 0 radical (unpaired) electrons. The zero-order chi connectivity index (χ0) is 21.1. The van der Waals surface area contributed by atoms with Crippen LogP contribution in [0, 0.1) is 0 Å². The summed E-state index contributed by atoms with van der Waals surface area (Å²) in [7, 11) is 2.79. The Morgan fingerprint density at radius 3 is 2.14 bits per heavy atom. The Bertz CT molecular complexity index is 1010. The van der Waals surface area contributed by atoms with E-state index >= 15 is 0 Å². The quantitative estimate of drug-likeness (QED) is 0.429. The van der Waals surface area contributed by atoms with Gasteiger partial charge in [0.25, 0.3) is 11.8 Å². The molecule has 1 heterocycles.